The number of nitrogens with one attached hydrogen (secondary N) is 3. The van der Waals surface area contributed by atoms with Crippen LogP contribution in [0.15, 0.2) is 42.5 Å². The van der Waals surface area contributed by atoms with E-state index in [1.165, 1.54) is 0 Å². The van der Waals surface area contributed by atoms with Crippen molar-refractivity contribution >= 4 is 17.5 Å². The molecule has 2 aromatic carbocycles. The number of anilines is 1. The maximum Gasteiger partial charge on any atom is 0.283 e. The summed E-state index contributed by atoms with van der Waals surface area (Å²) in [7, 11) is 1.67. The van der Waals surface area contributed by atoms with Crippen molar-refractivity contribution in [3.05, 3.63) is 65.5 Å². The molecule has 1 unspecified atom stereocenters. The molecular weight excluding hydrogens is 371 g/mol. The monoisotopic (exact) mass is 392 g/mol. The van der Waals surface area contributed by atoms with Crippen LogP contribution in [0.5, 0.6) is 0 Å². The SMILES string of the molecule is C[NH+](CC(=O)Nc1ccc(F)c(F)c1F)[C@H](C(=O)NC1CC1)c1ccccc1. The number of hydrogen-bond acceptors (Lipinski definition) is 2. The Morgan fingerprint density at radius 3 is 2.39 bits per heavy atom. The summed E-state index contributed by atoms with van der Waals surface area (Å²) in [5.41, 5.74) is 0.292. The predicted octanol–water partition coefficient (Wildman–Crippen LogP) is 1.58. The van der Waals surface area contributed by atoms with Crippen LogP contribution >= 0.6 is 0 Å². The van der Waals surface area contributed by atoms with Crippen LogP contribution in [-0.2, 0) is 9.59 Å². The molecule has 3 rings (SSSR count). The third kappa shape index (κ3) is 4.69. The minimum Gasteiger partial charge on any atom is -0.348 e. The van der Waals surface area contributed by atoms with E-state index in [4.69, 9.17) is 0 Å². The van der Waals surface area contributed by atoms with Crippen molar-refractivity contribution < 1.29 is 27.7 Å². The van der Waals surface area contributed by atoms with E-state index in [0.717, 1.165) is 30.5 Å². The molecule has 5 nitrogen and oxygen atoms in total. The topological polar surface area (TPSA) is 62.6 Å². The molecule has 1 fully saturated rings. The summed E-state index contributed by atoms with van der Waals surface area (Å²) in [5.74, 6) is -5.26. The van der Waals surface area contributed by atoms with E-state index in [1.807, 2.05) is 6.07 Å². The summed E-state index contributed by atoms with van der Waals surface area (Å²) in [6, 6.07) is 10.2. The summed E-state index contributed by atoms with van der Waals surface area (Å²) in [6.07, 6.45) is 1.87. The average molecular weight is 392 g/mol. The first kappa shape index (κ1) is 19.9. The van der Waals surface area contributed by atoms with Crippen LogP contribution in [-0.4, -0.2) is 31.4 Å². The zero-order chi connectivity index (χ0) is 20.3. The maximum absolute atomic E-state index is 13.8. The molecule has 8 heteroatoms. The van der Waals surface area contributed by atoms with E-state index in [9.17, 15) is 22.8 Å². The fourth-order valence-electron chi connectivity index (χ4n) is 2.99. The van der Waals surface area contributed by atoms with Crippen LogP contribution in [0.3, 0.4) is 0 Å². The molecule has 2 atom stereocenters. The van der Waals surface area contributed by atoms with Gasteiger partial charge in [-0.25, -0.2) is 13.2 Å². The summed E-state index contributed by atoms with van der Waals surface area (Å²) < 4.78 is 40.1. The summed E-state index contributed by atoms with van der Waals surface area (Å²) in [4.78, 5) is 25.6. The highest BCUT2D eigenvalue weighted by Crippen LogP contribution is 2.21. The van der Waals surface area contributed by atoms with Gasteiger partial charge in [0, 0.05) is 11.6 Å². The van der Waals surface area contributed by atoms with Crippen LogP contribution in [0, 0.1) is 17.5 Å². The van der Waals surface area contributed by atoms with Gasteiger partial charge in [0.05, 0.1) is 12.7 Å². The van der Waals surface area contributed by atoms with Gasteiger partial charge in [-0.05, 0) is 25.0 Å². The lowest BCUT2D eigenvalue weighted by atomic mass is 10.0. The number of rotatable bonds is 7. The zero-order valence-electron chi connectivity index (χ0n) is 15.3. The van der Waals surface area contributed by atoms with Crippen molar-refractivity contribution in [3.63, 3.8) is 0 Å². The van der Waals surface area contributed by atoms with Crippen LogP contribution in [0.1, 0.15) is 24.4 Å². The van der Waals surface area contributed by atoms with E-state index < -0.39 is 35.1 Å². The number of carbonyl (C=O) groups is 2. The molecule has 0 heterocycles. The van der Waals surface area contributed by atoms with Crippen molar-refractivity contribution in [2.75, 3.05) is 18.9 Å². The maximum atomic E-state index is 13.8. The Bertz CT molecular complexity index is 872. The van der Waals surface area contributed by atoms with Crippen molar-refractivity contribution in [1.82, 2.24) is 5.32 Å². The Morgan fingerprint density at radius 2 is 1.75 bits per heavy atom. The van der Waals surface area contributed by atoms with Crippen LogP contribution < -0.4 is 15.5 Å². The zero-order valence-corrected chi connectivity index (χ0v) is 15.3. The number of carbonyl (C=O) groups excluding carboxylic acids is 2. The Hall–Kier alpha value is -2.87. The first-order valence-electron chi connectivity index (χ1n) is 8.97. The first-order chi connectivity index (χ1) is 13.4. The van der Waals surface area contributed by atoms with Gasteiger partial charge in [-0.2, -0.15) is 0 Å². The second kappa shape index (κ2) is 8.43. The van der Waals surface area contributed by atoms with Gasteiger partial charge in [-0.3, -0.25) is 9.59 Å². The molecule has 1 aliphatic rings. The molecular formula is C20H21F3N3O2+. The van der Waals surface area contributed by atoms with Gasteiger partial charge in [0.2, 0.25) is 0 Å². The molecule has 0 aliphatic heterocycles. The van der Waals surface area contributed by atoms with Gasteiger partial charge in [-0.1, -0.05) is 30.3 Å². The molecule has 0 saturated heterocycles. The molecule has 0 aromatic heterocycles. The average Bonchev–Trinajstić information content (AvgIpc) is 3.47. The Balaban J connectivity index is 1.72. The molecule has 1 aliphatic carbocycles. The molecule has 1 saturated carbocycles. The van der Waals surface area contributed by atoms with E-state index in [2.05, 4.69) is 10.6 Å². The fourth-order valence-corrected chi connectivity index (χ4v) is 2.99. The lowest BCUT2D eigenvalue weighted by Gasteiger charge is -2.24. The smallest absolute Gasteiger partial charge is 0.283 e. The fraction of sp³-hybridized carbons (Fsp3) is 0.300. The van der Waals surface area contributed by atoms with Gasteiger partial charge in [0.15, 0.2) is 30.0 Å². The standard InChI is InChI=1S/C20H20F3N3O2/c1-26(11-16(27)25-15-10-9-14(21)17(22)18(15)23)19(12-5-3-2-4-6-12)20(28)24-13-7-8-13/h2-6,9-10,13,19H,7-8,11H2,1H3,(H,24,28)(H,25,27)/p+1/t19-/m0/s1. The highest BCUT2D eigenvalue weighted by molar-refractivity contribution is 5.92. The molecule has 28 heavy (non-hydrogen) atoms. The van der Waals surface area contributed by atoms with Gasteiger partial charge in [-0.15, -0.1) is 0 Å². The molecule has 0 radical (unpaired) electrons. The number of hydrogen-bond donors (Lipinski definition) is 3. The molecule has 2 aromatic rings. The molecule has 2 amide bonds. The summed E-state index contributed by atoms with van der Waals surface area (Å²) in [6.45, 7) is -0.171. The van der Waals surface area contributed by atoms with Gasteiger partial charge >= 0.3 is 0 Å². The first-order valence-corrected chi connectivity index (χ1v) is 8.97. The molecule has 148 valence electrons. The highest BCUT2D eigenvalue weighted by atomic mass is 19.2. The number of quaternary nitrogens is 1. The van der Waals surface area contributed by atoms with E-state index in [0.29, 0.717) is 4.90 Å². The second-order valence-corrected chi connectivity index (χ2v) is 6.92. The predicted molar refractivity (Wildman–Crippen MR) is 97.0 cm³/mol. The summed E-state index contributed by atoms with van der Waals surface area (Å²) >= 11 is 0. The third-order valence-corrected chi connectivity index (χ3v) is 4.56. The Kier molecular flexibility index (Phi) is 5.99. The van der Waals surface area contributed by atoms with Gasteiger partial charge < -0.3 is 15.5 Å². The summed E-state index contributed by atoms with van der Waals surface area (Å²) in [5, 5.41) is 5.17. The van der Waals surface area contributed by atoms with Crippen LogP contribution in [0.2, 0.25) is 0 Å². The van der Waals surface area contributed by atoms with Crippen molar-refractivity contribution in [2.45, 2.75) is 24.9 Å². The number of halogens is 3. The minimum absolute atomic E-state index is 0.164. The highest BCUT2D eigenvalue weighted by Gasteiger charge is 2.34. The lowest BCUT2D eigenvalue weighted by molar-refractivity contribution is -0.894. The number of amides is 2. The Labute approximate surface area is 160 Å². The number of likely N-dealkylation sites (N-methyl/N-ethyl adjacent to an activating group) is 1. The molecule has 3 N–H and O–H groups in total. The second-order valence-electron chi connectivity index (χ2n) is 6.92. The van der Waals surface area contributed by atoms with Gasteiger partial charge in [0.1, 0.15) is 0 Å². The van der Waals surface area contributed by atoms with Crippen molar-refractivity contribution in [3.8, 4) is 0 Å². The van der Waals surface area contributed by atoms with Crippen LogP contribution in [0.4, 0.5) is 18.9 Å². The lowest BCUT2D eigenvalue weighted by Crippen LogP contribution is -3.11. The van der Waals surface area contributed by atoms with Gasteiger partial charge in [0.25, 0.3) is 11.8 Å². The normalized spacial score (nSPS) is 15.6. The molecule has 0 bridgehead atoms. The third-order valence-electron chi connectivity index (χ3n) is 4.56. The van der Waals surface area contributed by atoms with Crippen molar-refractivity contribution in [2.24, 2.45) is 0 Å². The van der Waals surface area contributed by atoms with Crippen LogP contribution in [0.25, 0.3) is 0 Å². The quantitative estimate of drug-likeness (QED) is 0.627. The largest absolute Gasteiger partial charge is 0.348 e. The molecule has 0 spiro atoms. The number of benzene rings is 2. The Morgan fingerprint density at radius 1 is 1.07 bits per heavy atom. The van der Waals surface area contributed by atoms with E-state index in [1.54, 1.807) is 31.3 Å². The van der Waals surface area contributed by atoms with E-state index in [-0.39, 0.29) is 18.5 Å². The van der Waals surface area contributed by atoms with Crippen molar-refractivity contribution in [1.29, 1.82) is 0 Å². The minimum atomic E-state index is -1.65. The van der Waals surface area contributed by atoms with E-state index >= 15 is 0 Å².